The number of aromatic nitrogens is 2. The Hall–Kier alpha value is -2.13. The highest BCUT2D eigenvalue weighted by molar-refractivity contribution is 7.16. The van der Waals surface area contributed by atoms with E-state index in [1.165, 1.54) is 15.9 Å². The van der Waals surface area contributed by atoms with Crippen LogP contribution in [0, 0.1) is 0 Å². The molecule has 0 unspecified atom stereocenters. The molecule has 2 aromatic heterocycles. The minimum Gasteiger partial charge on any atom is -0.494 e. The van der Waals surface area contributed by atoms with E-state index >= 15 is 0 Å². The summed E-state index contributed by atoms with van der Waals surface area (Å²) in [5.74, 6) is 0.0298. The summed E-state index contributed by atoms with van der Waals surface area (Å²) in [5, 5.41) is 22.7. The van der Waals surface area contributed by atoms with Crippen molar-refractivity contribution in [1.29, 1.82) is 0 Å². The van der Waals surface area contributed by atoms with Gasteiger partial charge in [-0.05, 0) is 55.4 Å². The number of nitrogens with zero attached hydrogens (tertiary/aromatic N) is 2. The number of hydrogen-bond acceptors (Lipinski definition) is 6. The Morgan fingerprint density at radius 3 is 2.59 bits per heavy atom. The lowest BCUT2D eigenvalue weighted by molar-refractivity contribution is -0.0720. The predicted molar refractivity (Wildman–Crippen MR) is 129 cm³/mol. The second-order valence-corrected chi connectivity index (χ2v) is 16.2. The van der Waals surface area contributed by atoms with E-state index in [0.717, 1.165) is 10.2 Å². The van der Waals surface area contributed by atoms with E-state index in [9.17, 15) is 10.2 Å². The maximum Gasteiger partial charge on any atom is 0.205 e. The Bertz CT molecular complexity index is 1250. The van der Waals surface area contributed by atoms with Gasteiger partial charge in [-0.15, -0.1) is 11.3 Å². The van der Waals surface area contributed by atoms with Gasteiger partial charge < -0.3 is 19.4 Å². The molecule has 2 N–H and O–H groups in total. The van der Waals surface area contributed by atoms with Gasteiger partial charge in [-0.1, -0.05) is 20.8 Å². The van der Waals surface area contributed by atoms with Gasteiger partial charge in [0.2, 0.25) is 11.8 Å². The van der Waals surface area contributed by atoms with Crippen molar-refractivity contribution in [2.24, 2.45) is 0 Å². The third-order valence-corrected chi connectivity index (χ3v) is 12.8. The van der Waals surface area contributed by atoms with Crippen LogP contribution in [0.5, 0.6) is 11.8 Å². The van der Waals surface area contributed by atoms with Crippen molar-refractivity contribution in [3.63, 3.8) is 0 Å². The van der Waals surface area contributed by atoms with Gasteiger partial charge in [0.25, 0.3) is 0 Å². The third-order valence-electron chi connectivity index (χ3n) is 7.42. The third kappa shape index (κ3) is 2.93. The molecular formula is C24H30N2O4SSi. The number of fused-ring (bicyclic) bond motifs is 6. The molecule has 3 aromatic rings. The summed E-state index contributed by atoms with van der Waals surface area (Å²) in [5.41, 5.74) is 3.06. The number of ether oxygens (including phenoxy) is 1. The number of rotatable bonds is 5. The summed E-state index contributed by atoms with van der Waals surface area (Å²) in [4.78, 5) is 4.32. The molecule has 0 aliphatic carbocycles. The SMILES string of the molecule is CC(C)(C)[Si](C)(C)OCC[C@@]12C=C[C@@](C)(O1)c1c2c(O)n(-c2ccc3ncsc3c2)c1O. The van der Waals surface area contributed by atoms with Crippen LogP contribution in [0.1, 0.15) is 45.2 Å². The molecule has 5 rings (SSSR count). The fraction of sp³-hybridized carbons (Fsp3) is 0.458. The molecule has 8 heteroatoms. The zero-order valence-corrected chi connectivity index (χ0v) is 21.2. The monoisotopic (exact) mass is 470 g/mol. The second-order valence-electron chi connectivity index (χ2n) is 10.5. The number of aromatic hydroxyl groups is 2. The second kappa shape index (κ2) is 6.69. The minimum atomic E-state index is -1.91. The highest BCUT2D eigenvalue weighted by Crippen LogP contribution is 2.62. The summed E-state index contributed by atoms with van der Waals surface area (Å²) in [7, 11) is -1.91. The fourth-order valence-corrected chi connectivity index (χ4v) is 6.34. The maximum absolute atomic E-state index is 11.3. The van der Waals surface area contributed by atoms with E-state index in [1.807, 2.05) is 37.3 Å². The van der Waals surface area contributed by atoms with E-state index in [-0.39, 0.29) is 16.8 Å². The van der Waals surface area contributed by atoms with Crippen molar-refractivity contribution in [2.45, 2.75) is 63.5 Å². The van der Waals surface area contributed by atoms with Gasteiger partial charge in [0, 0.05) is 13.0 Å². The van der Waals surface area contributed by atoms with E-state index in [0.29, 0.717) is 29.8 Å². The van der Waals surface area contributed by atoms with E-state index in [1.54, 1.807) is 5.51 Å². The lowest BCUT2D eigenvalue weighted by atomic mass is 9.83. The Morgan fingerprint density at radius 2 is 1.88 bits per heavy atom. The first-order chi connectivity index (χ1) is 14.9. The average molecular weight is 471 g/mol. The lowest BCUT2D eigenvalue weighted by Crippen LogP contribution is -2.41. The molecule has 2 aliphatic rings. The van der Waals surface area contributed by atoms with Gasteiger partial charge in [-0.2, -0.15) is 0 Å². The molecular weight excluding hydrogens is 440 g/mol. The summed E-state index contributed by atoms with van der Waals surface area (Å²) in [6, 6.07) is 5.70. The molecule has 2 aliphatic heterocycles. The van der Waals surface area contributed by atoms with Gasteiger partial charge in [-0.3, -0.25) is 4.57 Å². The first-order valence-electron chi connectivity index (χ1n) is 10.9. The smallest absolute Gasteiger partial charge is 0.205 e. The van der Waals surface area contributed by atoms with Crippen LogP contribution in [-0.4, -0.2) is 34.7 Å². The minimum absolute atomic E-state index is 0.0143. The molecule has 0 saturated carbocycles. The summed E-state index contributed by atoms with van der Waals surface area (Å²) >= 11 is 1.53. The van der Waals surface area contributed by atoms with Crippen LogP contribution in [-0.2, 0) is 20.4 Å². The summed E-state index contributed by atoms with van der Waals surface area (Å²) in [6.45, 7) is 13.6. The molecule has 32 heavy (non-hydrogen) atoms. The molecule has 170 valence electrons. The van der Waals surface area contributed by atoms with Gasteiger partial charge >= 0.3 is 0 Å². The van der Waals surface area contributed by atoms with Crippen molar-refractivity contribution in [3.8, 4) is 17.4 Å². The molecule has 4 heterocycles. The number of benzene rings is 1. The number of hydrogen-bond donors (Lipinski definition) is 2. The van der Waals surface area contributed by atoms with E-state index in [4.69, 9.17) is 9.16 Å². The topological polar surface area (TPSA) is 76.7 Å². The van der Waals surface area contributed by atoms with Crippen molar-refractivity contribution in [2.75, 3.05) is 6.61 Å². The first kappa shape index (κ1) is 21.7. The standard InChI is InChI=1S/C24H30N2O4SSi/c1-22(2,3)32(5,6)29-12-11-24-10-9-23(4,30-24)18-19(24)21(28)26(20(18)27)15-7-8-16-17(13-15)31-14-25-16/h7-10,13-14,27-28H,11-12H2,1-6H3/t23-,24-/m1/s1. The average Bonchev–Trinajstić information content (AvgIpc) is 3.41. The van der Waals surface area contributed by atoms with Crippen molar-refractivity contribution >= 4 is 29.9 Å². The molecule has 1 aromatic carbocycles. The van der Waals surface area contributed by atoms with Gasteiger partial charge in [0.1, 0.15) is 11.2 Å². The zero-order valence-electron chi connectivity index (χ0n) is 19.4. The summed E-state index contributed by atoms with van der Waals surface area (Å²) in [6.07, 6.45) is 4.57. The van der Waals surface area contributed by atoms with Crippen molar-refractivity contribution in [3.05, 3.63) is 47.0 Å². The quantitative estimate of drug-likeness (QED) is 0.357. The Balaban J connectivity index is 1.53. The molecule has 6 nitrogen and oxygen atoms in total. The molecule has 2 bridgehead atoms. The van der Waals surface area contributed by atoms with Crippen LogP contribution < -0.4 is 0 Å². The highest BCUT2D eigenvalue weighted by Gasteiger charge is 2.58. The van der Waals surface area contributed by atoms with Crippen LogP contribution >= 0.6 is 11.3 Å². The lowest BCUT2D eigenvalue weighted by Gasteiger charge is -2.37. The zero-order chi connectivity index (χ0) is 23.1. The Morgan fingerprint density at radius 1 is 1.16 bits per heavy atom. The highest BCUT2D eigenvalue weighted by atomic mass is 32.1. The maximum atomic E-state index is 11.3. The largest absolute Gasteiger partial charge is 0.494 e. The molecule has 0 amide bonds. The van der Waals surface area contributed by atoms with Gasteiger partial charge in [0.05, 0.1) is 32.5 Å². The van der Waals surface area contributed by atoms with Gasteiger partial charge in [0.15, 0.2) is 8.32 Å². The van der Waals surface area contributed by atoms with Crippen LogP contribution in [0.25, 0.3) is 15.9 Å². The van der Waals surface area contributed by atoms with E-state index in [2.05, 4.69) is 38.8 Å². The molecule has 0 radical (unpaired) electrons. The van der Waals surface area contributed by atoms with Crippen molar-refractivity contribution < 1.29 is 19.4 Å². The first-order valence-corrected chi connectivity index (χ1v) is 14.7. The Labute approximate surface area is 193 Å². The predicted octanol–water partition coefficient (Wildman–Crippen LogP) is 5.92. The Kier molecular flexibility index (Phi) is 4.54. The molecule has 0 spiro atoms. The fourth-order valence-electron chi connectivity index (χ4n) is 4.59. The molecule has 0 fully saturated rings. The van der Waals surface area contributed by atoms with Crippen molar-refractivity contribution in [1.82, 2.24) is 9.55 Å². The van der Waals surface area contributed by atoms with Crippen LogP contribution in [0.2, 0.25) is 18.1 Å². The van der Waals surface area contributed by atoms with Gasteiger partial charge in [-0.25, -0.2) is 4.98 Å². The van der Waals surface area contributed by atoms with Crippen LogP contribution in [0.15, 0.2) is 35.9 Å². The van der Waals surface area contributed by atoms with Crippen LogP contribution in [0.4, 0.5) is 0 Å². The molecule has 0 saturated heterocycles. The number of thiazole rings is 1. The van der Waals surface area contributed by atoms with E-state index < -0.39 is 19.5 Å². The summed E-state index contributed by atoms with van der Waals surface area (Å²) < 4.78 is 15.4. The molecule has 2 atom stereocenters. The van der Waals surface area contributed by atoms with Crippen LogP contribution in [0.3, 0.4) is 0 Å². The normalized spacial score (nSPS) is 24.6.